The first kappa shape index (κ1) is 21.0. The van der Waals surface area contributed by atoms with Gasteiger partial charge in [-0.15, -0.1) is 0 Å². The Balaban J connectivity index is 3.36. The van der Waals surface area contributed by atoms with E-state index in [0.29, 0.717) is 32.8 Å². The number of hydrogen-bond acceptors (Lipinski definition) is 6. The molecule has 6 nitrogen and oxygen atoms in total. The standard InChI is InChI=1S/C17H28O6/c1-3-20-12-5-7-14-22-16(18)10-9-11-17(19)23-15-8-6-13-21-4-2/h3-4H,1-2,5-15H2. The molecule has 0 rings (SSSR count). The molecule has 0 aliphatic carbocycles. The number of esters is 2. The van der Waals surface area contributed by atoms with Gasteiger partial charge in [-0.1, -0.05) is 13.2 Å². The van der Waals surface area contributed by atoms with Gasteiger partial charge in [0.15, 0.2) is 0 Å². The smallest absolute Gasteiger partial charge is 0.305 e. The molecule has 0 saturated carbocycles. The molecule has 23 heavy (non-hydrogen) atoms. The summed E-state index contributed by atoms with van der Waals surface area (Å²) in [5.41, 5.74) is 0. The summed E-state index contributed by atoms with van der Waals surface area (Å²) in [6, 6.07) is 0. The van der Waals surface area contributed by atoms with Crippen LogP contribution in [0.15, 0.2) is 25.7 Å². The maximum Gasteiger partial charge on any atom is 0.305 e. The first-order valence-corrected chi connectivity index (χ1v) is 7.97. The molecular formula is C17H28O6. The quantitative estimate of drug-likeness (QED) is 0.246. The highest BCUT2D eigenvalue weighted by Crippen LogP contribution is 2.02. The van der Waals surface area contributed by atoms with Gasteiger partial charge in [0.05, 0.1) is 39.0 Å². The molecule has 6 heteroatoms. The van der Waals surface area contributed by atoms with Crippen molar-refractivity contribution in [2.45, 2.75) is 44.9 Å². The third kappa shape index (κ3) is 16.2. The van der Waals surface area contributed by atoms with Crippen LogP contribution in [0.2, 0.25) is 0 Å². The summed E-state index contributed by atoms with van der Waals surface area (Å²) in [4.78, 5) is 22.9. The molecule has 0 aliphatic heterocycles. The lowest BCUT2D eigenvalue weighted by Crippen LogP contribution is -2.09. The van der Waals surface area contributed by atoms with E-state index in [4.69, 9.17) is 18.9 Å². The molecule has 0 aromatic carbocycles. The molecule has 0 heterocycles. The Hall–Kier alpha value is -1.98. The molecule has 0 aromatic heterocycles. The first-order valence-electron chi connectivity index (χ1n) is 7.97. The third-order valence-corrected chi connectivity index (χ3v) is 2.84. The van der Waals surface area contributed by atoms with Gasteiger partial charge in [0.2, 0.25) is 0 Å². The second kappa shape index (κ2) is 16.4. The van der Waals surface area contributed by atoms with E-state index in [1.165, 1.54) is 12.5 Å². The third-order valence-electron chi connectivity index (χ3n) is 2.84. The van der Waals surface area contributed by atoms with Gasteiger partial charge in [-0.2, -0.15) is 0 Å². The minimum atomic E-state index is -0.288. The molecule has 0 amide bonds. The van der Waals surface area contributed by atoms with E-state index in [2.05, 4.69) is 13.2 Å². The zero-order valence-corrected chi connectivity index (χ0v) is 13.8. The van der Waals surface area contributed by atoms with E-state index in [1.807, 2.05) is 0 Å². The van der Waals surface area contributed by atoms with Crippen molar-refractivity contribution in [3.05, 3.63) is 25.7 Å². The van der Waals surface area contributed by atoms with Crippen LogP contribution in [-0.2, 0) is 28.5 Å². The fraction of sp³-hybridized carbons (Fsp3) is 0.647. The van der Waals surface area contributed by atoms with Gasteiger partial charge in [0, 0.05) is 12.8 Å². The van der Waals surface area contributed by atoms with Crippen LogP contribution < -0.4 is 0 Å². The van der Waals surface area contributed by atoms with E-state index in [9.17, 15) is 9.59 Å². The van der Waals surface area contributed by atoms with E-state index < -0.39 is 0 Å². The lowest BCUT2D eigenvalue weighted by Gasteiger charge is -2.06. The van der Waals surface area contributed by atoms with E-state index in [-0.39, 0.29) is 24.8 Å². The predicted molar refractivity (Wildman–Crippen MR) is 86.5 cm³/mol. The fourth-order valence-electron chi connectivity index (χ4n) is 1.63. The van der Waals surface area contributed by atoms with Crippen molar-refractivity contribution in [2.24, 2.45) is 0 Å². The average Bonchev–Trinajstić information content (AvgIpc) is 2.54. The van der Waals surface area contributed by atoms with Gasteiger partial charge >= 0.3 is 11.9 Å². The normalized spacial score (nSPS) is 9.74. The number of carbonyl (C=O) groups is 2. The van der Waals surface area contributed by atoms with Crippen molar-refractivity contribution >= 4 is 11.9 Å². The van der Waals surface area contributed by atoms with Crippen molar-refractivity contribution in [1.29, 1.82) is 0 Å². The SMILES string of the molecule is C=COCCCCOC(=O)CCCC(=O)OCCCCOC=C. The maximum absolute atomic E-state index is 11.4. The Bertz CT molecular complexity index is 308. The lowest BCUT2D eigenvalue weighted by molar-refractivity contribution is -0.145. The summed E-state index contributed by atoms with van der Waals surface area (Å²) in [5, 5.41) is 0. The maximum atomic E-state index is 11.4. The van der Waals surface area contributed by atoms with Gasteiger partial charge in [0.1, 0.15) is 0 Å². The minimum Gasteiger partial charge on any atom is -0.502 e. The van der Waals surface area contributed by atoms with Crippen LogP contribution in [-0.4, -0.2) is 38.4 Å². The second-order valence-electron chi connectivity index (χ2n) is 4.78. The Kier molecular flexibility index (Phi) is 15.0. The zero-order chi connectivity index (χ0) is 17.2. The number of hydrogen-bond donors (Lipinski definition) is 0. The minimum absolute atomic E-state index is 0.228. The largest absolute Gasteiger partial charge is 0.502 e. The molecule has 0 radical (unpaired) electrons. The van der Waals surface area contributed by atoms with Gasteiger partial charge in [-0.25, -0.2) is 0 Å². The van der Waals surface area contributed by atoms with Crippen molar-refractivity contribution in [2.75, 3.05) is 26.4 Å². The highest BCUT2D eigenvalue weighted by molar-refractivity contribution is 5.72. The predicted octanol–water partition coefficient (Wildman–Crippen LogP) is 3.12. The molecule has 0 bridgehead atoms. The summed E-state index contributed by atoms with van der Waals surface area (Å²) in [6.45, 7) is 8.77. The zero-order valence-electron chi connectivity index (χ0n) is 13.8. The van der Waals surface area contributed by atoms with Gasteiger partial charge in [-0.3, -0.25) is 9.59 Å². The van der Waals surface area contributed by atoms with Crippen LogP contribution in [0.4, 0.5) is 0 Å². The number of ether oxygens (including phenoxy) is 4. The monoisotopic (exact) mass is 328 g/mol. The van der Waals surface area contributed by atoms with Crippen LogP contribution in [0.5, 0.6) is 0 Å². The van der Waals surface area contributed by atoms with Crippen LogP contribution in [0, 0.1) is 0 Å². The second-order valence-corrected chi connectivity index (χ2v) is 4.78. The summed E-state index contributed by atoms with van der Waals surface area (Å²) in [5.74, 6) is -0.576. The Morgan fingerprint density at radius 2 is 1.04 bits per heavy atom. The van der Waals surface area contributed by atoms with E-state index >= 15 is 0 Å². The summed E-state index contributed by atoms with van der Waals surface area (Å²) in [7, 11) is 0. The molecule has 0 N–H and O–H groups in total. The lowest BCUT2D eigenvalue weighted by atomic mass is 10.2. The summed E-state index contributed by atoms with van der Waals surface area (Å²) in [6.07, 6.45) is 6.79. The molecule has 0 spiro atoms. The molecule has 0 unspecified atom stereocenters. The van der Waals surface area contributed by atoms with Crippen molar-refractivity contribution in [3.8, 4) is 0 Å². The molecular weight excluding hydrogens is 300 g/mol. The van der Waals surface area contributed by atoms with Crippen LogP contribution in [0.3, 0.4) is 0 Å². The van der Waals surface area contributed by atoms with Crippen molar-refractivity contribution < 1.29 is 28.5 Å². The Morgan fingerprint density at radius 1 is 0.652 bits per heavy atom. The summed E-state index contributed by atoms with van der Waals surface area (Å²) < 4.78 is 20.0. The highest BCUT2D eigenvalue weighted by atomic mass is 16.5. The van der Waals surface area contributed by atoms with Crippen molar-refractivity contribution in [1.82, 2.24) is 0 Å². The Labute approximate surface area is 138 Å². The Morgan fingerprint density at radius 3 is 1.43 bits per heavy atom. The average molecular weight is 328 g/mol. The van der Waals surface area contributed by atoms with Crippen molar-refractivity contribution in [3.63, 3.8) is 0 Å². The molecule has 0 atom stereocenters. The van der Waals surface area contributed by atoms with Crippen LogP contribution in [0.25, 0.3) is 0 Å². The molecule has 0 saturated heterocycles. The van der Waals surface area contributed by atoms with Gasteiger partial charge < -0.3 is 18.9 Å². The molecule has 0 aliphatic rings. The molecule has 132 valence electrons. The fourth-order valence-corrected chi connectivity index (χ4v) is 1.63. The van der Waals surface area contributed by atoms with Gasteiger partial charge in [0.25, 0.3) is 0 Å². The van der Waals surface area contributed by atoms with Crippen LogP contribution in [0.1, 0.15) is 44.9 Å². The number of unbranched alkanes of at least 4 members (excludes halogenated alkanes) is 2. The van der Waals surface area contributed by atoms with E-state index in [0.717, 1.165) is 25.7 Å². The van der Waals surface area contributed by atoms with Gasteiger partial charge in [-0.05, 0) is 32.1 Å². The molecule has 0 fully saturated rings. The van der Waals surface area contributed by atoms with E-state index in [1.54, 1.807) is 0 Å². The highest BCUT2D eigenvalue weighted by Gasteiger charge is 2.07. The molecule has 0 aromatic rings. The first-order chi connectivity index (χ1) is 11.2. The topological polar surface area (TPSA) is 71.1 Å². The summed E-state index contributed by atoms with van der Waals surface area (Å²) >= 11 is 0. The number of rotatable bonds is 16. The number of carbonyl (C=O) groups excluding carboxylic acids is 2. The van der Waals surface area contributed by atoms with Crippen LogP contribution >= 0.6 is 0 Å².